The van der Waals surface area contributed by atoms with Crippen molar-refractivity contribution in [3.63, 3.8) is 0 Å². The topological polar surface area (TPSA) is 38.3 Å². The summed E-state index contributed by atoms with van der Waals surface area (Å²) < 4.78 is 4.77. The van der Waals surface area contributed by atoms with E-state index in [1.165, 1.54) is 20.0 Å². The maximum Gasteiger partial charge on any atom is 0.338 e. The molecule has 0 aliphatic carbocycles. The number of ether oxygens (including phenoxy) is 1. The van der Waals surface area contributed by atoms with Crippen LogP contribution in [-0.4, -0.2) is 19.6 Å². The summed E-state index contributed by atoms with van der Waals surface area (Å²) in [7, 11) is 1.41. The number of hydrogen-bond acceptors (Lipinski definition) is 3. The molecule has 1 aromatic carbocycles. The Morgan fingerprint density at radius 2 is 2.17 bits per heavy atom. The second-order valence-corrected chi connectivity index (χ2v) is 4.74. The maximum atomic E-state index is 11.6. The Kier molecular flexibility index (Phi) is 5.69. The van der Waals surface area contributed by atoms with Crippen molar-refractivity contribution in [1.82, 2.24) is 0 Å². The van der Waals surface area contributed by atoms with Crippen LogP contribution in [0.3, 0.4) is 0 Å². The van der Waals surface area contributed by atoms with E-state index >= 15 is 0 Å². The molecule has 0 aliphatic heterocycles. The van der Waals surface area contributed by atoms with Crippen LogP contribution in [0.1, 0.15) is 42.6 Å². The molecule has 0 aliphatic rings. The van der Waals surface area contributed by atoms with Crippen LogP contribution in [0.2, 0.25) is 0 Å². The number of anilines is 1. The van der Waals surface area contributed by atoms with E-state index in [9.17, 15) is 4.79 Å². The van der Waals surface area contributed by atoms with Crippen LogP contribution in [0, 0.1) is 12.8 Å². The molecule has 0 saturated carbocycles. The molecule has 0 spiro atoms. The van der Waals surface area contributed by atoms with Crippen molar-refractivity contribution >= 4 is 11.7 Å². The summed E-state index contributed by atoms with van der Waals surface area (Å²) in [6.45, 7) is 7.30. The summed E-state index contributed by atoms with van der Waals surface area (Å²) in [5.74, 6) is 0.355. The fourth-order valence-corrected chi connectivity index (χ4v) is 2.04. The molecule has 0 radical (unpaired) electrons. The lowest BCUT2D eigenvalue weighted by atomic mass is 10.0. The minimum atomic E-state index is -0.280. The SMILES string of the molecule is CCCC(C)CNc1cccc(C(=O)OC)c1C. The molecule has 0 saturated heterocycles. The Morgan fingerprint density at radius 3 is 2.78 bits per heavy atom. The molecular formula is C15H23NO2. The van der Waals surface area contributed by atoms with E-state index in [1.54, 1.807) is 6.07 Å². The lowest BCUT2D eigenvalue weighted by Gasteiger charge is -2.15. The van der Waals surface area contributed by atoms with Crippen molar-refractivity contribution in [2.24, 2.45) is 5.92 Å². The first kappa shape index (κ1) is 14.6. The number of methoxy groups -OCH3 is 1. The molecule has 0 fully saturated rings. The second kappa shape index (κ2) is 7.04. The van der Waals surface area contributed by atoms with E-state index in [4.69, 9.17) is 4.74 Å². The summed E-state index contributed by atoms with van der Waals surface area (Å²) in [5.41, 5.74) is 2.60. The molecule has 100 valence electrons. The van der Waals surface area contributed by atoms with Gasteiger partial charge in [-0.05, 0) is 37.0 Å². The van der Waals surface area contributed by atoms with E-state index in [1.807, 2.05) is 19.1 Å². The van der Waals surface area contributed by atoms with Crippen LogP contribution in [0.4, 0.5) is 5.69 Å². The number of benzene rings is 1. The Morgan fingerprint density at radius 1 is 1.44 bits per heavy atom. The van der Waals surface area contributed by atoms with Crippen LogP contribution in [0.25, 0.3) is 0 Å². The molecule has 0 amide bonds. The highest BCUT2D eigenvalue weighted by atomic mass is 16.5. The standard InChI is InChI=1S/C15H23NO2/c1-5-7-11(2)10-16-14-9-6-8-13(12(14)3)15(17)18-4/h6,8-9,11,16H,5,7,10H2,1-4H3. The molecule has 1 aromatic rings. The minimum Gasteiger partial charge on any atom is -0.465 e. The zero-order chi connectivity index (χ0) is 13.5. The van der Waals surface area contributed by atoms with E-state index < -0.39 is 0 Å². The van der Waals surface area contributed by atoms with Gasteiger partial charge in [0, 0.05) is 12.2 Å². The number of carbonyl (C=O) groups is 1. The van der Waals surface area contributed by atoms with Gasteiger partial charge in [-0.3, -0.25) is 0 Å². The summed E-state index contributed by atoms with van der Waals surface area (Å²) >= 11 is 0. The van der Waals surface area contributed by atoms with Crippen molar-refractivity contribution < 1.29 is 9.53 Å². The first-order valence-electron chi connectivity index (χ1n) is 6.52. The summed E-state index contributed by atoms with van der Waals surface area (Å²) in [6.07, 6.45) is 2.41. The summed E-state index contributed by atoms with van der Waals surface area (Å²) in [6, 6.07) is 5.67. The highest BCUT2D eigenvalue weighted by Crippen LogP contribution is 2.20. The van der Waals surface area contributed by atoms with Crippen LogP contribution in [-0.2, 0) is 4.74 Å². The number of carbonyl (C=O) groups excluding carboxylic acids is 1. The van der Waals surface area contributed by atoms with Gasteiger partial charge < -0.3 is 10.1 Å². The molecule has 1 rings (SSSR count). The molecule has 18 heavy (non-hydrogen) atoms. The van der Waals surface area contributed by atoms with Gasteiger partial charge in [0.2, 0.25) is 0 Å². The normalized spacial score (nSPS) is 12.0. The average Bonchev–Trinajstić information content (AvgIpc) is 2.37. The van der Waals surface area contributed by atoms with Crippen molar-refractivity contribution in [2.45, 2.75) is 33.6 Å². The Bertz CT molecular complexity index is 401. The minimum absolute atomic E-state index is 0.280. The zero-order valence-corrected chi connectivity index (χ0v) is 11.7. The number of rotatable bonds is 6. The van der Waals surface area contributed by atoms with Gasteiger partial charge in [-0.1, -0.05) is 26.3 Å². The maximum absolute atomic E-state index is 11.6. The van der Waals surface area contributed by atoms with Crippen molar-refractivity contribution in [1.29, 1.82) is 0 Å². The largest absolute Gasteiger partial charge is 0.465 e. The third-order valence-corrected chi connectivity index (χ3v) is 3.16. The smallest absolute Gasteiger partial charge is 0.338 e. The lowest BCUT2D eigenvalue weighted by Crippen LogP contribution is -2.13. The predicted molar refractivity (Wildman–Crippen MR) is 75.1 cm³/mol. The molecule has 0 aromatic heterocycles. The van der Waals surface area contributed by atoms with Gasteiger partial charge in [0.15, 0.2) is 0 Å². The van der Waals surface area contributed by atoms with Gasteiger partial charge in [0.25, 0.3) is 0 Å². The molecule has 1 unspecified atom stereocenters. The van der Waals surface area contributed by atoms with Gasteiger partial charge in [-0.25, -0.2) is 4.79 Å². The van der Waals surface area contributed by atoms with Crippen LogP contribution < -0.4 is 5.32 Å². The van der Waals surface area contributed by atoms with Crippen LogP contribution in [0.15, 0.2) is 18.2 Å². The second-order valence-electron chi connectivity index (χ2n) is 4.74. The third kappa shape index (κ3) is 3.76. The first-order valence-corrected chi connectivity index (χ1v) is 6.52. The fourth-order valence-electron chi connectivity index (χ4n) is 2.04. The van der Waals surface area contributed by atoms with E-state index in [0.717, 1.165) is 17.8 Å². The van der Waals surface area contributed by atoms with Gasteiger partial charge in [0.05, 0.1) is 12.7 Å². The highest BCUT2D eigenvalue weighted by molar-refractivity contribution is 5.92. The van der Waals surface area contributed by atoms with E-state index in [-0.39, 0.29) is 5.97 Å². The van der Waals surface area contributed by atoms with Gasteiger partial charge in [-0.15, -0.1) is 0 Å². The predicted octanol–water partition coefficient (Wildman–Crippen LogP) is 3.63. The van der Waals surface area contributed by atoms with Gasteiger partial charge in [0.1, 0.15) is 0 Å². The number of hydrogen-bond donors (Lipinski definition) is 1. The van der Waals surface area contributed by atoms with E-state index in [2.05, 4.69) is 19.2 Å². The van der Waals surface area contributed by atoms with Crippen molar-refractivity contribution in [2.75, 3.05) is 19.0 Å². The molecule has 1 atom stereocenters. The quantitative estimate of drug-likeness (QED) is 0.782. The van der Waals surface area contributed by atoms with Crippen LogP contribution >= 0.6 is 0 Å². The number of nitrogens with one attached hydrogen (secondary N) is 1. The number of esters is 1. The molecule has 3 heteroatoms. The first-order chi connectivity index (χ1) is 8.60. The summed E-state index contributed by atoms with van der Waals surface area (Å²) in [4.78, 5) is 11.6. The molecular weight excluding hydrogens is 226 g/mol. The summed E-state index contributed by atoms with van der Waals surface area (Å²) in [5, 5.41) is 3.41. The Labute approximate surface area is 110 Å². The van der Waals surface area contributed by atoms with Gasteiger partial charge in [-0.2, -0.15) is 0 Å². The van der Waals surface area contributed by atoms with Crippen molar-refractivity contribution in [3.8, 4) is 0 Å². The molecule has 1 N–H and O–H groups in total. The Balaban J connectivity index is 2.75. The monoisotopic (exact) mass is 249 g/mol. The lowest BCUT2D eigenvalue weighted by molar-refractivity contribution is 0.0600. The zero-order valence-electron chi connectivity index (χ0n) is 11.7. The molecule has 0 bridgehead atoms. The van der Waals surface area contributed by atoms with Crippen LogP contribution in [0.5, 0.6) is 0 Å². The Hall–Kier alpha value is -1.51. The van der Waals surface area contributed by atoms with E-state index in [0.29, 0.717) is 11.5 Å². The highest BCUT2D eigenvalue weighted by Gasteiger charge is 2.11. The average molecular weight is 249 g/mol. The molecule has 3 nitrogen and oxygen atoms in total. The van der Waals surface area contributed by atoms with Crippen molar-refractivity contribution in [3.05, 3.63) is 29.3 Å². The fraction of sp³-hybridized carbons (Fsp3) is 0.533. The van der Waals surface area contributed by atoms with Gasteiger partial charge >= 0.3 is 5.97 Å². The molecule has 0 heterocycles. The third-order valence-electron chi connectivity index (χ3n) is 3.16.